The number of hydrogen-bond donors (Lipinski definition) is 2. The molecule has 1 aliphatic rings. The number of benzene rings is 1. The number of nitrogens with zero attached hydrogens (tertiary/aromatic N) is 1. The summed E-state index contributed by atoms with van der Waals surface area (Å²) in [6.45, 7) is 5.83. The molecule has 0 atom stereocenters. The number of nitrogens with one attached hydrogen (secondary N) is 1. The number of carbonyl (C=O) groups is 2. The molecule has 0 saturated carbocycles. The van der Waals surface area contributed by atoms with Gasteiger partial charge in [0.05, 0.1) is 5.41 Å². The van der Waals surface area contributed by atoms with Gasteiger partial charge in [0, 0.05) is 42.4 Å². The van der Waals surface area contributed by atoms with Gasteiger partial charge in [-0.25, -0.2) is 0 Å². The average Bonchev–Trinajstić information content (AvgIpc) is 2.64. The molecule has 2 amide bonds. The highest BCUT2D eigenvalue weighted by Crippen LogP contribution is 2.27. The van der Waals surface area contributed by atoms with E-state index in [2.05, 4.69) is 5.32 Å². The topological polar surface area (TPSA) is 75.4 Å². The van der Waals surface area contributed by atoms with Crippen LogP contribution in [0, 0.1) is 5.41 Å². The summed E-state index contributed by atoms with van der Waals surface area (Å²) in [6, 6.07) is 7.18. The van der Waals surface area contributed by atoms with E-state index in [4.69, 9.17) is 5.73 Å². The molecule has 5 nitrogen and oxygen atoms in total. The number of nitrogens with two attached hydrogens (primary N) is 1. The van der Waals surface area contributed by atoms with Crippen molar-refractivity contribution >= 4 is 41.7 Å². The van der Waals surface area contributed by atoms with Gasteiger partial charge in [0.1, 0.15) is 0 Å². The van der Waals surface area contributed by atoms with E-state index in [-0.39, 0.29) is 24.2 Å². The first kappa shape index (κ1) is 21.8. The van der Waals surface area contributed by atoms with Gasteiger partial charge in [-0.2, -0.15) is 11.8 Å². The van der Waals surface area contributed by atoms with Crippen LogP contribution in [0.4, 0.5) is 5.69 Å². The number of rotatable bonds is 6. The van der Waals surface area contributed by atoms with Crippen molar-refractivity contribution in [3.8, 4) is 0 Å². The highest BCUT2D eigenvalue weighted by molar-refractivity contribution is 7.99. The molecule has 1 aromatic rings. The van der Waals surface area contributed by atoms with Crippen LogP contribution >= 0.6 is 24.2 Å². The molecule has 0 aromatic heterocycles. The smallest absolute Gasteiger partial charge is 0.253 e. The Kier molecular flexibility index (Phi) is 8.76. The fraction of sp³-hybridized carbons (Fsp3) is 0.556. The number of hydrogen-bond acceptors (Lipinski definition) is 4. The molecule has 0 bridgehead atoms. The second kappa shape index (κ2) is 10.0. The monoisotopic (exact) mass is 385 g/mol. The Morgan fingerprint density at radius 3 is 2.44 bits per heavy atom. The Hall–Kier alpha value is -1.24. The lowest BCUT2D eigenvalue weighted by molar-refractivity contribution is -0.125. The molecular weight excluding hydrogens is 358 g/mol. The summed E-state index contributed by atoms with van der Waals surface area (Å²) in [6.07, 6.45) is 1.38. The van der Waals surface area contributed by atoms with Crippen LogP contribution in [-0.4, -0.2) is 47.9 Å². The maximum Gasteiger partial charge on any atom is 0.253 e. The summed E-state index contributed by atoms with van der Waals surface area (Å²) < 4.78 is 0. The molecule has 7 heteroatoms. The van der Waals surface area contributed by atoms with Gasteiger partial charge in [0.15, 0.2) is 0 Å². The van der Waals surface area contributed by atoms with Gasteiger partial charge in [-0.05, 0) is 31.0 Å². The van der Waals surface area contributed by atoms with Crippen LogP contribution in [0.5, 0.6) is 0 Å². The Morgan fingerprint density at radius 2 is 1.88 bits per heavy atom. The van der Waals surface area contributed by atoms with Crippen molar-refractivity contribution < 1.29 is 9.59 Å². The van der Waals surface area contributed by atoms with Crippen molar-refractivity contribution in [1.29, 1.82) is 0 Å². The maximum atomic E-state index is 12.6. The Bertz CT molecular complexity index is 579. The summed E-state index contributed by atoms with van der Waals surface area (Å²) in [5.74, 6) is 1.92. The first-order valence-electron chi connectivity index (χ1n) is 8.55. The minimum Gasteiger partial charge on any atom is -0.337 e. The van der Waals surface area contributed by atoms with Crippen molar-refractivity contribution in [1.82, 2.24) is 4.90 Å². The molecule has 1 aromatic carbocycles. The molecule has 1 saturated heterocycles. The molecule has 0 spiro atoms. The minimum absolute atomic E-state index is 0. The van der Waals surface area contributed by atoms with Gasteiger partial charge in [0.2, 0.25) is 5.91 Å². The fourth-order valence-electron chi connectivity index (χ4n) is 2.90. The van der Waals surface area contributed by atoms with Crippen LogP contribution in [0.3, 0.4) is 0 Å². The lowest BCUT2D eigenvalue weighted by Gasteiger charge is -2.29. The lowest BCUT2D eigenvalue weighted by Crippen LogP contribution is -2.41. The molecule has 3 N–H and O–H groups in total. The van der Waals surface area contributed by atoms with E-state index >= 15 is 0 Å². The zero-order valence-corrected chi connectivity index (χ0v) is 16.5. The molecule has 140 valence electrons. The largest absolute Gasteiger partial charge is 0.337 e. The number of anilines is 1. The van der Waals surface area contributed by atoms with Gasteiger partial charge < -0.3 is 16.0 Å². The molecule has 2 rings (SSSR count). The Balaban J connectivity index is 0.00000312. The van der Waals surface area contributed by atoms with Gasteiger partial charge in [-0.1, -0.05) is 19.9 Å². The first-order chi connectivity index (χ1) is 11.6. The minimum atomic E-state index is -0.551. The molecule has 1 fully saturated rings. The molecule has 1 aliphatic heterocycles. The van der Waals surface area contributed by atoms with Crippen molar-refractivity contribution in [3.05, 3.63) is 29.8 Å². The van der Waals surface area contributed by atoms with Gasteiger partial charge in [0.25, 0.3) is 5.91 Å². The number of thioether (sulfide) groups is 1. The van der Waals surface area contributed by atoms with Crippen molar-refractivity contribution in [2.45, 2.75) is 26.7 Å². The second-order valence-electron chi connectivity index (χ2n) is 6.13. The highest BCUT2D eigenvalue weighted by Gasteiger charge is 2.33. The Labute approximate surface area is 160 Å². The third-order valence-corrected chi connectivity index (χ3v) is 5.83. The van der Waals surface area contributed by atoms with Crippen molar-refractivity contribution in [3.63, 3.8) is 0 Å². The molecule has 0 unspecified atom stereocenters. The third-order valence-electron chi connectivity index (χ3n) is 4.89. The molecule has 0 aliphatic carbocycles. The van der Waals surface area contributed by atoms with Crippen LogP contribution < -0.4 is 11.1 Å². The van der Waals surface area contributed by atoms with E-state index in [0.717, 1.165) is 24.6 Å². The van der Waals surface area contributed by atoms with E-state index in [1.807, 2.05) is 42.6 Å². The van der Waals surface area contributed by atoms with E-state index in [1.165, 1.54) is 0 Å². The van der Waals surface area contributed by atoms with Crippen LogP contribution in [-0.2, 0) is 4.79 Å². The lowest BCUT2D eigenvalue weighted by atomic mass is 9.81. The van der Waals surface area contributed by atoms with Crippen molar-refractivity contribution in [2.24, 2.45) is 11.1 Å². The number of halogens is 1. The summed E-state index contributed by atoms with van der Waals surface area (Å²) in [7, 11) is 0. The van der Waals surface area contributed by atoms with Gasteiger partial charge >= 0.3 is 0 Å². The summed E-state index contributed by atoms with van der Waals surface area (Å²) >= 11 is 1.87. The SMILES string of the molecule is CCC(CC)(CN)C(=O)Nc1cccc(C(=O)N2CCSCC2)c1.Cl. The second-order valence-corrected chi connectivity index (χ2v) is 7.36. The molecule has 25 heavy (non-hydrogen) atoms. The van der Waals surface area contributed by atoms with E-state index in [1.54, 1.807) is 12.1 Å². The van der Waals surface area contributed by atoms with Gasteiger partial charge in [-0.15, -0.1) is 12.4 Å². The first-order valence-corrected chi connectivity index (χ1v) is 9.70. The predicted octanol–water partition coefficient (Wildman–Crippen LogP) is 3.00. The van der Waals surface area contributed by atoms with E-state index in [0.29, 0.717) is 30.6 Å². The zero-order chi connectivity index (χ0) is 17.6. The summed E-state index contributed by atoms with van der Waals surface area (Å²) in [5.41, 5.74) is 6.55. The Morgan fingerprint density at radius 1 is 1.24 bits per heavy atom. The highest BCUT2D eigenvalue weighted by atomic mass is 35.5. The van der Waals surface area contributed by atoms with Crippen LogP contribution in [0.2, 0.25) is 0 Å². The average molecular weight is 386 g/mol. The molecule has 1 heterocycles. The third kappa shape index (κ3) is 5.12. The number of carbonyl (C=O) groups excluding carboxylic acids is 2. The maximum absolute atomic E-state index is 12.6. The molecular formula is C18H28ClN3O2S. The van der Waals surface area contributed by atoms with Gasteiger partial charge in [-0.3, -0.25) is 9.59 Å². The normalized spacial score (nSPS) is 14.6. The van der Waals surface area contributed by atoms with Crippen LogP contribution in [0.15, 0.2) is 24.3 Å². The van der Waals surface area contributed by atoms with E-state index in [9.17, 15) is 9.59 Å². The fourth-order valence-corrected chi connectivity index (χ4v) is 3.80. The predicted molar refractivity (Wildman–Crippen MR) is 108 cm³/mol. The zero-order valence-electron chi connectivity index (χ0n) is 14.9. The summed E-state index contributed by atoms with van der Waals surface area (Å²) in [4.78, 5) is 27.1. The van der Waals surface area contributed by atoms with Crippen LogP contribution in [0.25, 0.3) is 0 Å². The number of amides is 2. The van der Waals surface area contributed by atoms with Crippen molar-refractivity contribution in [2.75, 3.05) is 36.5 Å². The summed E-state index contributed by atoms with van der Waals surface area (Å²) in [5, 5.41) is 2.94. The quantitative estimate of drug-likeness (QED) is 0.789. The van der Waals surface area contributed by atoms with Crippen LogP contribution in [0.1, 0.15) is 37.0 Å². The molecule has 0 radical (unpaired) electrons. The standard InChI is InChI=1S/C18H27N3O2S.ClH/c1-3-18(4-2,13-19)17(23)20-15-7-5-6-14(12-15)16(22)21-8-10-24-11-9-21;/h5-7,12H,3-4,8-11,13,19H2,1-2H3,(H,20,23);1H. The van der Waals surface area contributed by atoms with E-state index < -0.39 is 5.41 Å².